The van der Waals surface area contributed by atoms with Crippen LogP contribution in [-0.4, -0.2) is 30.5 Å². The van der Waals surface area contributed by atoms with Crippen molar-refractivity contribution in [1.82, 2.24) is 0 Å². The van der Waals surface area contributed by atoms with Gasteiger partial charge in [-0.25, -0.2) is 0 Å². The van der Waals surface area contributed by atoms with Crippen molar-refractivity contribution < 1.29 is 19.1 Å². The molecule has 44 heavy (non-hydrogen) atoms. The second-order valence-corrected chi connectivity index (χ2v) is 13.3. The maximum atomic E-state index is 12.2. The molecule has 0 aliphatic rings. The Bertz CT molecular complexity index is 636. The van der Waals surface area contributed by atoms with Crippen LogP contribution in [-0.2, 0) is 19.1 Å². The van der Waals surface area contributed by atoms with Crippen LogP contribution in [0.3, 0.4) is 0 Å². The molecule has 0 aliphatic carbocycles. The second kappa shape index (κ2) is 36.4. The van der Waals surface area contributed by atoms with Gasteiger partial charge in [0.15, 0.2) is 0 Å². The highest BCUT2D eigenvalue weighted by Crippen LogP contribution is 2.15. The van der Waals surface area contributed by atoms with Crippen molar-refractivity contribution in [3.8, 4) is 0 Å². The summed E-state index contributed by atoms with van der Waals surface area (Å²) in [4.78, 5) is 24.3. The molecule has 1 atom stereocenters. The molecule has 0 spiro atoms. The summed E-state index contributed by atoms with van der Waals surface area (Å²) < 4.78 is 10.8. The molecule has 0 heterocycles. The van der Waals surface area contributed by atoms with E-state index >= 15 is 0 Å². The van der Waals surface area contributed by atoms with Crippen LogP contribution >= 0.6 is 11.6 Å². The molecule has 0 amide bonds. The summed E-state index contributed by atoms with van der Waals surface area (Å²) >= 11 is 5.97. The van der Waals surface area contributed by atoms with Crippen molar-refractivity contribution in [3.63, 3.8) is 0 Å². The first-order valence-corrected chi connectivity index (χ1v) is 19.7. The summed E-state index contributed by atoms with van der Waals surface area (Å²) in [6.45, 7) is 4.59. The molecule has 0 aliphatic heterocycles. The third-order valence-electron chi connectivity index (χ3n) is 8.53. The molecule has 0 saturated carbocycles. The first-order valence-electron chi connectivity index (χ1n) is 19.2. The highest BCUT2D eigenvalue weighted by molar-refractivity contribution is 6.18. The summed E-state index contributed by atoms with van der Waals surface area (Å²) in [5.74, 6) is -0.319. The van der Waals surface area contributed by atoms with Gasteiger partial charge < -0.3 is 9.47 Å². The lowest BCUT2D eigenvalue weighted by molar-refractivity contribution is -0.157. The van der Waals surface area contributed by atoms with Crippen molar-refractivity contribution in [2.24, 2.45) is 0 Å². The first kappa shape index (κ1) is 43.0. The Balaban J connectivity index is 3.53. The van der Waals surface area contributed by atoms with E-state index in [-0.39, 0.29) is 24.4 Å². The minimum atomic E-state index is -0.557. The molecule has 0 fully saturated rings. The van der Waals surface area contributed by atoms with Crippen molar-refractivity contribution in [3.05, 3.63) is 12.2 Å². The van der Waals surface area contributed by atoms with Gasteiger partial charge in [0, 0.05) is 12.8 Å². The number of hydrogen-bond acceptors (Lipinski definition) is 4. The third-order valence-corrected chi connectivity index (χ3v) is 8.87. The number of carbonyl (C=O) groups is 2. The Morgan fingerprint density at radius 2 is 0.841 bits per heavy atom. The molecule has 4 nitrogen and oxygen atoms in total. The molecule has 1 unspecified atom stereocenters. The Morgan fingerprint density at radius 3 is 1.23 bits per heavy atom. The lowest BCUT2D eigenvalue weighted by Crippen LogP contribution is -2.26. The van der Waals surface area contributed by atoms with Crippen molar-refractivity contribution in [2.75, 3.05) is 12.5 Å². The summed E-state index contributed by atoms with van der Waals surface area (Å²) in [5.41, 5.74) is 0. The van der Waals surface area contributed by atoms with Gasteiger partial charge in [-0.05, 0) is 38.5 Å². The minimum Gasteiger partial charge on any atom is -0.462 e. The third kappa shape index (κ3) is 33.9. The quantitative estimate of drug-likeness (QED) is 0.0299. The topological polar surface area (TPSA) is 52.6 Å². The minimum absolute atomic E-state index is 0.0536. The fourth-order valence-corrected chi connectivity index (χ4v) is 5.75. The Kier molecular flexibility index (Phi) is 35.6. The number of hydrogen-bond donors (Lipinski definition) is 0. The van der Waals surface area contributed by atoms with E-state index in [1.807, 2.05) is 0 Å². The van der Waals surface area contributed by atoms with Gasteiger partial charge in [0.05, 0.1) is 5.88 Å². The largest absolute Gasteiger partial charge is 0.462 e. The van der Waals surface area contributed by atoms with Gasteiger partial charge in [-0.2, -0.15) is 0 Å². The highest BCUT2D eigenvalue weighted by Gasteiger charge is 2.16. The normalized spacial score (nSPS) is 12.2. The zero-order chi connectivity index (χ0) is 32.2. The van der Waals surface area contributed by atoms with Crippen LogP contribution in [0.25, 0.3) is 0 Å². The van der Waals surface area contributed by atoms with Gasteiger partial charge in [-0.15, -0.1) is 11.6 Å². The average Bonchev–Trinajstić information content (AvgIpc) is 3.02. The molecule has 0 radical (unpaired) electrons. The zero-order valence-electron chi connectivity index (χ0n) is 29.4. The average molecular weight is 641 g/mol. The van der Waals surface area contributed by atoms with Gasteiger partial charge in [0.2, 0.25) is 0 Å². The summed E-state index contributed by atoms with van der Waals surface area (Å²) in [5, 5.41) is 0. The number of ether oxygens (including phenoxy) is 2. The number of carbonyl (C=O) groups excluding carboxylic acids is 2. The highest BCUT2D eigenvalue weighted by atomic mass is 35.5. The predicted molar refractivity (Wildman–Crippen MR) is 191 cm³/mol. The monoisotopic (exact) mass is 641 g/mol. The molecule has 260 valence electrons. The molecule has 0 aromatic rings. The smallest absolute Gasteiger partial charge is 0.306 e. The molecule has 0 aromatic heterocycles. The van der Waals surface area contributed by atoms with Crippen LogP contribution < -0.4 is 0 Å². The van der Waals surface area contributed by atoms with Gasteiger partial charge in [0.25, 0.3) is 0 Å². The maximum Gasteiger partial charge on any atom is 0.306 e. The number of rotatable bonds is 35. The Morgan fingerprint density at radius 1 is 0.500 bits per heavy atom. The van der Waals surface area contributed by atoms with E-state index in [2.05, 4.69) is 26.0 Å². The zero-order valence-corrected chi connectivity index (χ0v) is 30.1. The summed E-state index contributed by atoms with van der Waals surface area (Å²) in [6, 6.07) is 0. The molecule has 0 N–H and O–H groups in total. The van der Waals surface area contributed by atoms with Crippen LogP contribution in [0.5, 0.6) is 0 Å². The number of esters is 2. The van der Waals surface area contributed by atoms with E-state index in [0.29, 0.717) is 12.8 Å². The molecule has 0 saturated heterocycles. The number of allylic oxidation sites excluding steroid dienone is 2. The van der Waals surface area contributed by atoms with Gasteiger partial charge in [-0.1, -0.05) is 167 Å². The second-order valence-electron chi connectivity index (χ2n) is 13.0. The van der Waals surface area contributed by atoms with E-state index in [1.54, 1.807) is 0 Å². The van der Waals surface area contributed by atoms with Crippen molar-refractivity contribution >= 4 is 23.5 Å². The molecule has 0 bridgehead atoms. The Labute approximate surface area is 279 Å². The van der Waals surface area contributed by atoms with E-state index in [1.165, 1.54) is 141 Å². The van der Waals surface area contributed by atoms with Crippen LogP contribution in [0.15, 0.2) is 12.2 Å². The standard InChI is InChI=1S/C39H73ClO4/c1-3-5-7-9-11-13-15-17-19-21-23-25-27-29-31-33-38(41)43-36-37(35-40)44-39(42)34-32-30-28-26-24-22-20-18-16-14-12-10-8-6-4-2/h17,19,37H,3-16,18,20-36H2,1-2H3/b19-17+. The predicted octanol–water partition coefficient (Wildman–Crippen LogP) is 13.0. The van der Waals surface area contributed by atoms with Crippen molar-refractivity contribution in [1.29, 1.82) is 0 Å². The van der Waals surface area contributed by atoms with E-state index in [9.17, 15) is 9.59 Å². The molecular formula is C39H73ClO4. The lowest BCUT2D eigenvalue weighted by atomic mass is 10.0. The Hall–Kier alpha value is -1.03. The fraction of sp³-hybridized carbons (Fsp3) is 0.897. The van der Waals surface area contributed by atoms with Gasteiger partial charge in [-0.3, -0.25) is 9.59 Å². The van der Waals surface area contributed by atoms with E-state index in [4.69, 9.17) is 21.1 Å². The van der Waals surface area contributed by atoms with Crippen LogP contribution in [0.4, 0.5) is 0 Å². The van der Waals surface area contributed by atoms with Crippen LogP contribution in [0, 0.1) is 0 Å². The van der Waals surface area contributed by atoms with E-state index in [0.717, 1.165) is 38.5 Å². The maximum absolute atomic E-state index is 12.2. The van der Waals surface area contributed by atoms with Gasteiger partial charge >= 0.3 is 11.9 Å². The molecular weight excluding hydrogens is 568 g/mol. The lowest BCUT2D eigenvalue weighted by Gasteiger charge is -2.15. The summed E-state index contributed by atoms with van der Waals surface area (Å²) in [6.07, 6.45) is 40.5. The molecule has 0 rings (SSSR count). The van der Waals surface area contributed by atoms with E-state index < -0.39 is 6.10 Å². The van der Waals surface area contributed by atoms with Crippen molar-refractivity contribution in [2.45, 2.75) is 213 Å². The molecule has 0 aromatic carbocycles. The first-order chi connectivity index (χ1) is 21.6. The number of alkyl halides is 1. The van der Waals surface area contributed by atoms with Gasteiger partial charge in [0.1, 0.15) is 12.7 Å². The fourth-order valence-electron chi connectivity index (χ4n) is 5.59. The molecule has 5 heteroatoms. The SMILES string of the molecule is CCCCCCCC/C=C/CCCCCCCC(=O)OCC(CCl)OC(=O)CCCCCCCCCCCCCCCCC. The number of halogens is 1. The number of unbranched alkanes of at least 4 members (excludes halogenated alkanes) is 25. The van der Waals surface area contributed by atoms with Crippen LogP contribution in [0.2, 0.25) is 0 Å². The summed E-state index contributed by atoms with van der Waals surface area (Å²) in [7, 11) is 0. The van der Waals surface area contributed by atoms with Crippen LogP contribution in [0.1, 0.15) is 206 Å².